The number of hydrogen-bond donors (Lipinski definition) is 1. The number of furan rings is 1. The van der Waals surface area contributed by atoms with E-state index in [9.17, 15) is 9.90 Å². The summed E-state index contributed by atoms with van der Waals surface area (Å²) in [5.74, 6) is 0.606. The van der Waals surface area contributed by atoms with Crippen LogP contribution in [0.15, 0.2) is 22.8 Å². The van der Waals surface area contributed by atoms with Crippen LogP contribution < -0.4 is 0 Å². The Labute approximate surface area is 93.6 Å². The maximum absolute atomic E-state index is 11.6. The molecule has 0 aromatic carbocycles. The zero-order valence-electron chi connectivity index (χ0n) is 9.56. The van der Waals surface area contributed by atoms with Gasteiger partial charge in [0.15, 0.2) is 11.3 Å². The molecule has 0 bridgehead atoms. The average Bonchev–Trinajstić information content (AvgIpc) is 2.68. The lowest BCUT2D eigenvalue weighted by atomic mass is 9.96. The van der Waals surface area contributed by atoms with Crippen molar-refractivity contribution in [3.8, 4) is 0 Å². The third-order valence-corrected chi connectivity index (χ3v) is 3.12. The zero-order chi connectivity index (χ0) is 12.0. The summed E-state index contributed by atoms with van der Waals surface area (Å²) < 4.78 is 10.3. The second-order valence-corrected chi connectivity index (χ2v) is 4.56. The summed E-state index contributed by atoms with van der Waals surface area (Å²) in [5.41, 5.74) is -2.28. The van der Waals surface area contributed by atoms with Gasteiger partial charge in [-0.3, -0.25) is 4.90 Å². The lowest BCUT2D eigenvalue weighted by Crippen LogP contribution is -2.53. The van der Waals surface area contributed by atoms with Crippen molar-refractivity contribution in [1.82, 2.24) is 4.90 Å². The van der Waals surface area contributed by atoms with Gasteiger partial charge in [-0.05, 0) is 32.9 Å². The summed E-state index contributed by atoms with van der Waals surface area (Å²) in [6.45, 7) is 5.10. The Bertz CT molecular complexity index is 394. The molecule has 1 aromatic heterocycles. The Hall–Kier alpha value is -1.49. The average molecular weight is 225 g/mol. The predicted octanol–water partition coefficient (Wildman–Crippen LogP) is 1.72. The first-order valence-corrected chi connectivity index (χ1v) is 5.10. The maximum atomic E-state index is 11.6. The molecule has 2 heterocycles. The second-order valence-electron chi connectivity index (χ2n) is 4.56. The van der Waals surface area contributed by atoms with Crippen molar-refractivity contribution in [2.24, 2.45) is 0 Å². The molecule has 2 rings (SSSR count). The topological polar surface area (TPSA) is 62.9 Å². The van der Waals surface area contributed by atoms with Crippen LogP contribution in [0.3, 0.4) is 0 Å². The first-order valence-electron chi connectivity index (χ1n) is 5.10. The van der Waals surface area contributed by atoms with Crippen molar-refractivity contribution in [3.63, 3.8) is 0 Å². The van der Waals surface area contributed by atoms with E-state index in [2.05, 4.69) is 0 Å². The van der Waals surface area contributed by atoms with Gasteiger partial charge in [-0.25, -0.2) is 4.79 Å². The molecular formula is C11H15NO4. The number of carbonyl (C=O) groups excluding carboxylic acids is 1. The molecule has 1 amide bonds. The van der Waals surface area contributed by atoms with Crippen LogP contribution in [0, 0.1) is 0 Å². The Balaban J connectivity index is 2.24. The van der Waals surface area contributed by atoms with E-state index in [0.29, 0.717) is 5.76 Å². The van der Waals surface area contributed by atoms with E-state index in [1.807, 2.05) is 0 Å². The molecule has 0 radical (unpaired) electrons. The summed E-state index contributed by atoms with van der Waals surface area (Å²) in [5, 5.41) is 10.3. The quantitative estimate of drug-likeness (QED) is 0.832. The highest BCUT2D eigenvalue weighted by atomic mass is 16.6. The number of ether oxygens (including phenoxy) is 1. The van der Waals surface area contributed by atoms with E-state index in [1.54, 1.807) is 32.9 Å². The zero-order valence-corrected chi connectivity index (χ0v) is 9.56. The summed E-state index contributed by atoms with van der Waals surface area (Å²) in [7, 11) is 0. The van der Waals surface area contributed by atoms with Crippen LogP contribution >= 0.6 is 0 Å². The van der Waals surface area contributed by atoms with E-state index in [4.69, 9.17) is 9.15 Å². The molecule has 1 aliphatic rings. The summed E-state index contributed by atoms with van der Waals surface area (Å²) in [6.07, 6.45) is 0.989. The molecule has 0 unspecified atom stereocenters. The highest BCUT2D eigenvalue weighted by molar-refractivity contribution is 5.72. The molecular weight excluding hydrogens is 210 g/mol. The molecule has 16 heavy (non-hydrogen) atoms. The van der Waals surface area contributed by atoms with Crippen LogP contribution in [0.25, 0.3) is 0 Å². The van der Waals surface area contributed by atoms with Crippen molar-refractivity contribution in [3.05, 3.63) is 24.2 Å². The fourth-order valence-electron chi connectivity index (χ4n) is 1.65. The number of carbonyl (C=O) groups is 1. The molecule has 1 saturated heterocycles. The molecule has 88 valence electrons. The smallest absolute Gasteiger partial charge is 0.413 e. The molecule has 0 spiro atoms. The van der Waals surface area contributed by atoms with Crippen molar-refractivity contribution < 1.29 is 19.1 Å². The number of cyclic esters (lactones) is 1. The van der Waals surface area contributed by atoms with Crippen molar-refractivity contribution >= 4 is 6.09 Å². The normalized spacial score (nSPS) is 28.2. The van der Waals surface area contributed by atoms with E-state index in [1.165, 1.54) is 11.2 Å². The molecule has 1 fully saturated rings. The molecule has 0 saturated carbocycles. The van der Waals surface area contributed by atoms with Gasteiger partial charge in [0, 0.05) is 0 Å². The minimum Gasteiger partial charge on any atom is -0.467 e. The highest BCUT2D eigenvalue weighted by Gasteiger charge is 2.56. The Kier molecular flexibility index (Phi) is 2.24. The van der Waals surface area contributed by atoms with Gasteiger partial charge < -0.3 is 14.3 Å². The van der Waals surface area contributed by atoms with Crippen LogP contribution in [0.5, 0.6) is 0 Å². The number of aliphatic hydroxyl groups is 1. The van der Waals surface area contributed by atoms with Gasteiger partial charge in [0.2, 0.25) is 0 Å². The fourth-order valence-corrected chi connectivity index (χ4v) is 1.65. The third kappa shape index (κ3) is 1.48. The van der Waals surface area contributed by atoms with E-state index in [0.717, 1.165) is 0 Å². The van der Waals surface area contributed by atoms with Crippen LogP contribution in [-0.4, -0.2) is 27.4 Å². The monoisotopic (exact) mass is 225 g/mol. The maximum Gasteiger partial charge on any atom is 0.413 e. The molecule has 1 aliphatic heterocycles. The van der Waals surface area contributed by atoms with Gasteiger partial charge in [-0.15, -0.1) is 0 Å². The Morgan fingerprint density at radius 3 is 2.56 bits per heavy atom. The number of nitrogens with zero attached hydrogens (tertiary/aromatic N) is 1. The van der Waals surface area contributed by atoms with Crippen LogP contribution in [0.1, 0.15) is 26.5 Å². The van der Waals surface area contributed by atoms with Gasteiger partial charge in [-0.1, -0.05) is 0 Å². The van der Waals surface area contributed by atoms with Gasteiger partial charge in [-0.2, -0.15) is 0 Å². The minimum absolute atomic E-state index is 0.197. The molecule has 5 heteroatoms. The van der Waals surface area contributed by atoms with E-state index < -0.39 is 17.4 Å². The van der Waals surface area contributed by atoms with Crippen molar-refractivity contribution in [1.29, 1.82) is 0 Å². The van der Waals surface area contributed by atoms with E-state index in [-0.39, 0.29) is 6.54 Å². The first kappa shape index (κ1) is 11.0. The van der Waals surface area contributed by atoms with Crippen molar-refractivity contribution in [2.45, 2.75) is 38.6 Å². The molecule has 1 atom stereocenters. The second kappa shape index (κ2) is 3.25. The van der Waals surface area contributed by atoms with Crippen molar-refractivity contribution in [2.75, 3.05) is 0 Å². The first-order chi connectivity index (χ1) is 7.34. The summed E-state index contributed by atoms with van der Waals surface area (Å²) >= 11 is 0. The third-order valence-electron chi connectivity index (χ3n) is 3.12. The number of hydrogen-bond acceptors (Lipinski definition) is 4. The molecule has 1 N–H and O–H groups in total. The highest BCUT2D eigenvalue weighted by Crippen LogP contribution is 2.37. The van der Waals surface area contributed by atoms with Crippen LogP contribution in [0.4, 0.5) is 4.79 Å². The van der Waals surface area contributed by atoms with Crippen LogP contribution in [0.2, 0.25) is 0 Å². The van der Waals surface area contributed by atoms with Gasteiger partial charge >= 0.3 is 6.09 Å². The van der Waals surface area contributed by atoms with Gasteiger partial charge in [0.25, 0.3) is 0 Å². The fraction of sp³-hybridized carbons (Fsp3) is 0.545. The summed E-state index contributed by atoms with van der Waals surface area (Å²) in [6, 6.07) is 3.48. The molecule has 5 nitrogen and oxygen atoms in total. The standard InChI is InChI=1S/C11H15NO4/c1-10(2)11(3,14)12(9(13)16-10)7-8-5-4-6-15-8/h4-6,14H,7H2,1-3H3/t11-/m1/s1. The van der Waals surface area contributed by atoms with E-state index >= 15 is 0 Å². The van der Waals surface area contributed by atoms with Gasteiger partial charge in [0.1, 0.15) is 5.76 Å². The lowest BCUT2D eigenvalue weighted by molar-refractivity contribution is -0.130. The molecule has 0 aliphatic carbocycles. The Morgan fingerprint density at radius 2 is 2.12 bits per heavy atom. The Morgan fingerprint density at radius 1 is 1.44 bits per heavy atom. The SMILES string of the molecule is CC1(C)OC(=O)N(Cc2ccco2)[C@]1(C)O. The number of rotatable bonds is 2. The van der Waals surface area contributed by atoms with Crippen LogP contribution in [-0.2, 0) is 11.3 Å². The van der Waals surface area contributed by atoms with Gasteiger partial charge in [0.05, 0.1) is 12.8 Å². The minimum atomic E-state index is -1.35. The number of amides is 1. The summed E-state index contributed by atoms with van der Waals surface area (Å²) in [4.78, 5) is 12.9. The largest absolute Gasteiger partial charge is 0.467 e. The predicted molar refractivity (Wildman–Crippen MR) is 55.4 cm³/mol. The lowest BCUT2D eigenvalue weighted by Gasteiger charge is -2.34. The molecule has 1 aromatic rings.